The molecule has 1 aliphatic heterocycles. The van der Waals surface area contributed by atoms with Gasteiger partial charge in [-0.3, -0.25) is 9.48 Å². The van der Waals surface area contributed by atoms with Crippen LogP contribution in [0.1, 0.15) is 16.2 Å². The number of halogens is 2. The molecular weight excluding hydrogens is 420 g/mol. The number of aromatic nitrogens is 3. The fourth-order valence-electron chi connectivity index (χ4n) is 3.38. The number of aromatic amines is 1. The molecule has 0 unspecified atom stereocenters. The molecule has 12 heteroatoms. The number of fused-ring (bicyclic) bond motifs is 2. The highest BCUT2D eigenvalue weighted by molar-refractivity contribution is 7.89. The quantitative estimate of drug-likeness (QED) is 0.543. The molecule has 0 fully saturated rings. The molecule has 3 aromatic rings. The zero-order valence-corrected chi connectivity index (χ0v) is 16.5. The normalized spacial score (nSPS) is 14.4. The first-order valence-electron chi connectivity index (χ1n) is 9.16. The number of alkyl halides is 2. The van der Waals surface area contributed by atoms with Crippen LogP contribution in [0.25, 0.3) is 10.9 Å². The SMILES string of the molecule is O=C(c1cc2ccccc2[nH]1)N1CCn2ncc(S(=O)(=O)NCCOC(F)F)c2C1. The number of nitrogens with one attached hydrogen (secondary N) is 2. The van der Waals surface area contributed by atoms with Gasteiger partial charge in [0.25, 0.3) is 5.91 Å². The largest absolute Gasteiger partial charge is 0.351 e. The minimum absolute atomic E-state index is 0.0535. The molecule has 0 radical (unpaired) electrons. The van der Waals surface area contributed by atoms with Gasteiger partial charge in [0.2, 0.25) is 10.0 Å². The lowest BCUT2D eigenvalue weighted by Gasteiger charge is -2.28. The van der Waals surface area contributed by atoms with E-state index in [9.17, 15) is 22.0 Å². The Balaban J connectivity index is 1.50. The highest BCUT2D eigenvalue weighted by Crippen LogP contribution is 2.23. The fraction of sp³-hybridized carbons (Fsp3) is 0.333. The number of para-hydroxylation sites is 1. The predicted octanol–water partition coefficient (Wildman–Crippen LogP) is 1.54. The number of hydrogen-bond acceptors (Lipinski definition) is 5. The molecule has 9 nitrogen and oxygen atoms in total. The molecule has 1 amide bonds. The maximum absolute atomic E-state index is 12.9. The first-order valence-corrected chi connectivity index (χ1v) is 10.6. The van der Waals surface area contributed by atoms with E-state index in [1.54, 1.807) is 11.0 Å². The summed E-state index contributed by atoms with van der Waals surface area (Å²) in [7, 11) is -3.99. The smallest absolute Gasteiger partial charge is 0.345 e. The summed E-state index contributed by atoms with van der Waals surface area (Å²) in [6, 6.07) is 9.25. The third-order valence-electron chi connectivity index (χ3n) is 4.81. The molecule has 0 bridgehead atoms. The van der Waals surface area contributed by atoms with Gasteiger partial charge in [0.1, 0.15) is 10.6 Å². The van der Waals surface area contributed by atoms with Crippen LogP contribution in [-0.2, 0) is 27.8 Å². The maximum Gasteiger partial charge on any atom is 0.345 e. The number of sulfonamides is 1. The van der Waals surface area contributed by atoms with E-state index in [2.05, 4.69) is 19.5 Å². The fourth-order valence-corrected chi connectivity index (χ4v) is 4.55. The Morgan fingerprint density at radius 2 is 2.10 bits per heavy atom. The Morgan fingerprint density at radius 3 is 2.87 bits per heavy atom. The lowest BCUT2D eigenvalue weighted by molar-refractivity contribution is -0.126. The minimum atomic E-state index is -3.99. The number of H-pyrrole nitrogens is 1. The van der Waals surface area contributed by atoms with Crippen molar-refractivity contribution in [1.82, 2.24) is 24.4 Å². The van der Waals surface area contributed by atoms with E-state index in [4.69, 9.17) is 0 Å². The first-order chi connectivity index (χ1) is 14.3. The molecule has 0 saturated carbocycles. The molecule has 4 rings (SSSR count). The second kappa shape index (κ2) is 8.13. The summed E-state index contributed by atoms with van der Waals surface area (Å²) in [5.74, 6) is -0.250. The van der Waals surface area contributed by atoms with E-state index < -0.39 is 23.2 Å². The van der Waals surface area contributed by atoms with Crippen LogP contribution < -0.4 is 4.72 Å². The molecule has 30 heavy (non-hydrogen) atoms. The number of carbonyl (C=O) groups excluding carboxylic acids is 1. The van der Waals surface area contributed by atoms with E-state index in [1.165, 1.54) is 10.9 Å². The molecule has 0 atom stereocenters. The summed E-state index contributed by atoms with van der Waals surface area (Å²) in [5.41, 5.74) is 1.60. The van der Waals surface area contributed by atoms with Crippen LogP contribution in [0.2, 0.25) is 0 Å². The van der Waals surface area contributed by atoms with Gasteiger partial charge < -0.3 is 14.6 Å². The monoisotopic (exact) mass is 439 g/mol. The molecule has 0 aliphatic carbocycles. The molecular formula is C18H19F2N5O4S. The molecule has 2 N–H and O–H groups in total. The Labute approximate surface area is 170 Å². The van der Waals surface area contributed by atoms with Gasteiger partial charge in [-0.1, -0.05) is 18.2 Å². The van der Waals surface area contributed by atoms with Crippen molar-refractivity contribution in [3.05, 3.63) is 47.9 Å². The predicted molar refractivity (Wildman–Crippen MR) is 102 cm³/mol. The summed E-state index contributed by atoms with van der Waals surface area (Å²) in [6.45, 7) is -2.98. The van der Waals surface area contributed by atoms with Crippen LogP contribution in [0.4, 0.5) is 8.78 Å². The highest BCUT2D eigenvalue weighted by Gasteiger charge is 2.30. The summed E-state index contributed by atoms with van der Waals surface area (Å²) < 4.78 is 57.0. The van der Waals surface area contributed by atoms with Gasteiger partial charge in [-0.15, -0.1) is 0 Å². The van der Waals surface area contributed by atoms with Crippen molar-refractivity contribution in [1.29, 1.82) is 0 Å². The zero-order chi connectivity index (χ0) is 21.3. The van der Waals surface area contributed by atoms with Crippen molar-refractivity contribution in [3.8, 4) is 0 Å². The Hall–Kier alpha value is -2.83. The van der Waals surface area contributed by atoms with E-state index in [-0.39, 0.29) is 23.9 Å². The van der Waals surface area contributed by atoms with Gasteiger partial charge in [0, 0.05) is 24.0 Å². The highest BCUT2D eigenvalue weighted by atomic mass is 32.2. The molecule has 160 valence electrons. The summed E-state index contributed by atoms with van der Waals surface area (Å²) in [4.78, 5) is 17.5. The number of nitrogens with zero attached hydrogens (tertiary/aromatic N) is 3. The van der Waals surface area contributed by atoms with Crippen LogP contribution >= 0.6 is 0 Å². The average molecular weight is 439 g/mol. The van der Waals surface area contributed by atoms with Crippen molar-refractivity contribution in [2.45, 2.75) is 24.6 Å². The minimum Gasteiger partial charge on any atom is -0.351 e. The van der Waals surface area contributed by atoms with E-state index >= 15 is 0 Å². The van der Waals surface area contributed by atoms with Crippen molar-refractivity contribution < 1.29 is 26.7 Å². The van der Waals surface area contributed by atoms with Gasteiger partial charge >= 0.3 is 6.61 Å². The zero-order valence-electron chi connectivity index (χ0n) is 15.7. The standard InChI is InChI=1S/C18H19F2N5O4S/c19-18(20)29-8-5-22-30(27,28)16-10-21-25-7-6-24(11-15(16)25)17(26)14-9-12-3-1-2-4-13(12)23-14/h1-4,9-10,18,22-23H,5-8,11H2. The van der Waals surface area contributed by atoms with Gasteiger partial charge in [-0.25, -0.2) is 13.1 Å². The van der Waals surface area contributed by atoms with Crippen LogP contribution in [0.3, 0.4) is 0 Å². The maximum atomic E-state index is 12.9. The number of carbonyl (C=O) groups is 1. The first kappa shape index (κ1) is 20.4. The summed E-state index contributed by atoms with van der Waals surface area (Å²) in [6.07, 6.45) is 1.20. The lowest BCUT2D eigenvalue weighted by Crippen LogP contribution is -2.39. The second-order valence-corrected chi connectivity index (χ2v) is 8.44. The lowest BCUT2D eigenvalue weighted by atomic mass is 10.2. The van der Waals surface area contributed by atoms with Gasteiger partial charge in [-0.05, 0) is 12.1 Å². The van der Waals surface area contributed by atoms with Gasteiger partial charge in [0.15, 0.2) is 0 Å². The van der Waals surface area contributed by atoms with Crippen molar-refractivity contribution in [3.63, 3.8) is 0 Å². The van der Waals surface area contributed by atoms with Crippen LogP contribution in [0.15, 0.2) is 41.4 Å². The van der Waals surface area contributed by atoms with Crippen LogP contribution in [0, 0.1) is 0 Å². The van der Waals surface area contributed by atoms with Gasteiger partial charge in [0.05, 0.1) is 31.6 Å². The van der Waals surface area contributed by atoms with E-state index in [0.29, 0.717) is 24.5 Å². The third kappa shape index (κ3) is 4.06. The molecule has 0 spiro atoms. The third-order valence-corrected chi connectivity index (χ3v) is 6.31. The summed E-state index contributed by atoms with van der Waals surface area (Å²) in [5, 5.41) is 4.99. The number of amides is 1. The molecule has 0 saturated heterocycles. The topological polar surface area (TPSA) is 109 Å². The Morgan fingerprint density at radius 1 is 1.30 bits per heavy atom. The van der Waals surface area contributed by atoms with Crippen molar-refractivity contribution in [2.75, 3.05) is 19.7 Å². The van der Waals surface area contributed by atoms with Crippen LogP contribution in [-0.4, -0.2) is 60.3 Å². The number of rotatable bonds is 7. The second-order valence-electron chi connectivity index (χ2n) is 6.70. The van der Waals surface area contributed by atoms with Crippen molar-refractivity contribution in [2.24, 2.45) is 0 Å². The van der Waals surface area contributed by atoms with E-state index in [1.807, 2.05) is 24.3 Å². The average Bonchev–Trinajstić information content (AvgIpc) is 3.34. The van der Waals surface area contributed by atoms with E-state index in [0.717, 1.165) is 10.9 Å². The summed E-state index contributed by atoms with van der Waals surface area (Å²) >= 11 is 0. The molecule has 1 aliphatic rings. The number of benzene rings is 1. The van der Waals surface area contributed by atoms with Crippen molar-refractivity contribution >= 4 is 26.8 Å². The number of ether oxygens (including phenoxy) is 1. The Bertz CT molecular complexity index is 1140. The van der Waals surface area contributed by atoms with Gasteiger partial charge in [-0.2, -0.15) is 13.9 Å². The molecule has 3 heterocycles. The molecule has 2 aromatic heterocycles. The van der Waals surface area contributed by atoms with Crippen LogP contribution in [0.5, 0.6) is 0 Å². The molecule has 1 aromatic carbocycles. The Kier molecular flexibility index (Phi) is 5.54. The number of hydrogen-bond donors (Lipinski definition) is 2.